The Kier molecular flexibility index (Phi) is 3.53. The molecule has 1 aliphatic rings. The Morgan fingerprint density at radius 1 is 1.11 bits per heavy atom. The van der Waals surface area contributed by atoms with Gasteiger partial charge in [0.05, 0.1) is 0 Å². The fourth-order valence-electron chi connectivity index (χ4n) is 2.93. The van der Waals surface area contributed by atoms with Crippen LogP contribution in [0.1, 0.15) is 16.2 Å². The van der Waals surface area contributed by atoms with Gasteiger partial charge in [-0.2, -0.15) is 4.98 Å². The second-order valence-electron chi connectivity index (χ2n) is 6.07. The molecule has 0 aliphatic carbocycles. The maximum absolute atomic E-state index is 12.3. The Hall–Kier alpha value is -3.81. The number of nitrogens with zero attached hydrogens (tertiary/aromatic N) is 2. The summed E-state index contributed by atoms with van der Waals surface area (Å²) in [6.45, 7) is 0.520. The van der Waals surface area contributed by atoms with Crippen LogP contribution in [0.15, 0.2) is 53.2 Å². The molecule has 8 nitrogen and oxygen atoms in total. The molecule has 0 radical (unpaired) electrons. The highest BCUT2D eigenvalue weighted by molar-refractivity contribution is 5.90. The number of fused-ring (bicyclic) bond motifs is 2. The molecule has 2 aromatic heterocycles. The van der Waals surface area contributed by atoms with Crippen LogP contribution < -0.4 is 14.8 Å². The fourth-order valence-corrected chi connectivity index (χ4v) is 2.93. The summed E-state index contributed by atoms with van der Waals surface area (Å²) in [7, 11) is 0. The first kappa shape index (κ1) is 15.4. The number of carbonyl (C=O) groups is 1. The summed E-state index contributed by atoms with van der Waals surface area (Å²) < 4.78 is 15.7. The van der Waals surface area contributed by atoms with Gasteiger partial charge < -0.3 is 24.3 Å². The van der Waals surface area contributed by atoms with Gasteiger partial charge in [-0.05, 0) is 35.2 Å². The second-order valence-corrected chi connectivity index (χ2v) is 6.07. The van der Waals surface area contributed by atoms with Crippen molar-refractivity contribution in [2.45, 2.75) is 6.54 Å². The van der Waals surface area contributed by atoms with E-state index in [-0.39, 0.29) is 12.7 Å². The van der Waals surface area contributed by atoms with E-state index in [0.29, 0.717) is 23.9 Å². The van der Waals surface area contributed by atoms with Gasteiger partial charge in [0.15, 0.2) is 11.5 Å². The molecule has 0 saturated heterocycles. The molecular formula is C19H14N4O4. The van der Waals surface area contributed by atoms with Gasteiger partial charge in [-0.3, -0.25) is 4.79 Å². The number of hydrogen-bond acceptors (Lipinski definition) is 6. The van der Waals surface area contributed by atoms with Gasteiger partial charge in [0, 0.05) is 23.8 Å². The Balaban J connectivity index is 1.29. The highest BCUT2D eigenvalue weighted by Crippen LogP contribution is 2.32. The van der Waals surface area contributed by atoms with E-state index in [1.54, 1.807) is 0 Å². The minimum Gasteiger partial charge on any atom is -0.454 e. The number of benzene rings is 2. The monoisotopic (exact) mass is 362 g/mol. The average molecular weight is 362 g/mol. The predicted molar refractivity (Wildman–Crippen MR) is 95.3 cm³/mol. The first-order chi connectivity index (χ1) is 13.3. The lowest BCUT2D eigenvalue weighted by atomic mass is 10.1. The molecule has 8 heteroatoms. The number of ether oxygens (including phenoxy) is 2. The number of nitrogens with one attached hydrogen (secondary N) is 2. The van der Waals surface area contributed by atoms with Crippen molar-refractivity contribution >= 4 is 16.8 Å². The normalized spacial score (nSPS) is 12.4. The molecule has 0 saturated carbocycles. The molecule has 0 unspecified atom stereocenters. The van der Waals surface area contributed by atoms with Gasteiger partial charge in [0.1, 0.15) is 0 Å². The SMILES string of the molecule is O=C(NCc1ccc2c(c1)OCO2)c1nc(-c2ccc3cc[nH]c3c2)no1. The molecule has 27 heavy (non-hydrogen) atoms. The summed E-state index contributed by atoms with van der Waals surface area (Å²) in [5, 5.41) is 7.75. The fraction of sp³-hybridized carbons (Fsp3) is 0.105. The lowest BCUT2D eigenvalue weighted by molar-refractivity contribution is 0.0907. The van der Waals surface area contributed by atoms with E-state index < -0.39 is 5.91 Å². The molecule has 3 heterocycles. The standard InChI is InChI=1S/C19H14N4O4/c24-18(21-9-11-1-4-15-16(7-11)26-10-25-15)19-22-17(23-27-19)13-3-2-12-5-6-20-14(12)8-13/h1-8,20H,9-10H2,(H,21,24). The highest BCUT2D eigenvalue weighted by Gasteiger charge is 2.17. The zero-order valence-electron chi connectivity index (χ0n) is 14.1. The third kappa shape index (κ3) is 2.86. The quantitative estimate of drug-likeness (QED) is 0.579. The molecule has 1 amide bonds. The van der Waals surface area contributed by atoms with Crippen molar-refractivity contribution < 1.29 is 18.8 Å². The maximum Gasteiger partial charge on any atom is 0.316 e. The minimum atomic E-state index is -0.438. The van der Waals surface area contributed by atoms with Gasteiger partial charge in [-0.15, -0.1) is 0 Å². The van der Waals surface area contributed by atoms with Crippen molar-refractivity contribution in [3.63, 3.8) is 0 Å². The summed E-state index contributed by atoms with van der Waals surface area (Å²) in [5.41, 5.74) is 2.61. The maximum atomic E-state index is 12.3. The average Bonchev–Trinajstić information content (AvgIpc) is 3.45. The molecule has 5 rings (SSSR count). The van der Waals surface area contributed by atoms with Crippen molar-refractivity contribution in [3.05, 3.63) is 60.1 Å². The third-order valence-electron chi connectivity index (χ3n) is 4.32. The number of rotatable bonds is 4. The van der Waals surface area contributed by atoms with Crippen LogP contribution in [0.2, 0.25) is 0 Å². The van der Waals surface area contributed by atoms with E-state index in [1.807, 2.05) is 48.7 Å². The molecule has 2 N–H and O–H groups in total. The summed E-state index contributed by atoms with van der Waals surface area (Å²) in [5.74, 6) is 1.21. The number of amides is 1. The van der Waals surface area contributed by atoms with Crippen molar-refractivity contribution in [2.75, 3.05) is 6.79 Å². The molecule has 1 aliphatic heterocycles. The van der Waals surface area contributed by atoms with E-state index in [1.165, 1.54) is 0 Å². The topological polar surface area (TPSA) is 102 Å². The van der Waals surface area contributed by atoms with Crippen molar-refractivity contribution in [1.82, 2.24) is 20.4 Å². The molecule has 134 valence electrons. The summed E-state index contributed by atoms with van der Waals surface area (Å²) >= 11 is 0. The Morgan fingerprint density at radius 3 is 3.00 bits per heavy atom. The largest absolute Gasteiger partial charge is 0.454 e. The van der Waals surface area contributed by atoms with E-state index in [4.69, 9.17) is 14.0 Å². The Morgan fingerprint density at radius 2 is 2.04 bits per heavy atom. The van der Waals surface area contributed by atoms with E-state index in [9.17, 15) is 4.79 Å². The van der Waals surface area contributed by atoms with Gasteiger partial charge in [-0.25, -0.2) is 0 Å². The first-order valence-corrected chi connectivity index (χ1v) is 8.34. The van der Waals surface area contributed by atoms with Crippen LogP contribution in [0.25, 0.3) is 22.3 Å². The van der Waals surface area contributed by atoms with E-state index in [2.05, 4.69) is 20.4 Å². The molecule has 0 spiro atoms. The molecular weight excluding hydrogens is 348 g/mol. The third-order valence-corrected chi connectivity index (χ3v) is 4.32. The molecule has 2 aromatic carbocycles. The summed E-state index contributed by atoms with van der Waals surface area (Å²) in [4.78, 5) is 19.6. The van der Waals surface area contributed by atoms with Crippen molar-refractivity contribution in [2.24, 2.45) is 0 Å². The summed E-state index contributed by atoms with van der Waals surface area (Å²) in [6.07, 6.45) is 1.86. The lowest BCUT2D eigenvalue weighted by Crippen LogP contribution is -2.23. The molecule has 4 aromatic rings. The molecule has 0 fully saturated rings. The van der Waals surface area contributed by atoms with Crippen molar-refractivity contribution in [3.8, 4) is 22.9 Å². The lowest BCUT2D eigenvalue weighted by Gasteiger charge is -2.03. The molecule has 0 bridgehead atoms. The van der Waals surface area contributed by atoms with E-state index >= 15 is 0 Å². The predicted octanol–water partition coefficient (Wildman–Crippen LogP) is 2.88. The van der Waals surface area contributed by atoms with Gasteiger partial charge in [0.25, 0.3) is 0 Å². The van der Waals surface area contributed by atoms with Crippen LogP contribution >= 0.6 is 0 Å². The van der Waals surface area contributed by atoms with Crippen LogP contribution in [0.3, 0.4) is 0 Å². The smallest absolute Gasteiger partial charge is 0.316 e. The number of aromatic nitrogens is 3. The number of aromatic amines is 1. The van der Waals surface area contributed by atoms with Crippen LogP contribution in [-0.2, 0) is 6.54 Å². The Labute approximate surface area is 153 Å². The van der Waals surface area contributed by atoms with Gasteiger partial charge in [0.2, 0.25) is 12.6 Å². The zero-order chi connectivity index (χ0) is 18.2. The number of carbonyl (C=O) groups excluding carboxylic acids is 1. The van der Waals surface area contributed by atoms with E-state index in [0.717, 1.165) is 22.0 Å². The second kappa shape index (κ2) is 6.17. The van der Waals surface area contributed by atoms with Gasteiger partial charge in [-0.1, -0.05) is 23.4 Å². The Bertz CT molecular complexity index is 1150. The number of hydrogen-bond donors (Lipinski definition) is 2. The van der Waals surface area contributed by atoms with Crippen LogP contribution in [0, 0.1) is 0 Å². The van der Waals surface area contributed by atoms with Crippen molar-refractivity contribution in [1.29, 1.82) is 0 Å². The van der Waals surface area contributed by atoms with Crippen LogP contribution in [0.4, 0.5) is 0 Å². The first-order valence-electron chi connectivity index (χ1n) is 8.34. The highest BCUT2D eigenvalue weighted by atomic mass is 16.7. The minimum absolute atomic E-state index is 0.0858. The van der Waals surface area contributed by atoms with Gasteiger partial charge >= 0.3 is 11.8 Å². The van der Waals surface area contributed by atoms with Crippen LogP contribution in [0.5, 0.6) is 11.5 Å². The molecule has 0 atom stereocenters. The number of H-pyrrole nitrogens is 1. The summed E-state index contributed by atoms with van der Waals surface area (Å²) in [6, 6.07) is 13.2. The van der Waals surface area contributed by atoms with Crippen LogP contribution in [-0.4, -0.2) is 27.8 Å². The zero-order valence-corrected chi connectivity index (χ0v) is 14.1.